The lowest BCUT2D eigenvalue weighted by Gasteiger charge is -2.15. The molecule has 0 fully saturated rings. The van der Waals surface area contributed by atoms with Gasteiger partial charge in [-0.3, -0.25) is 14.7 Å². The van der Waals surface area contributed by atoms with Crippen LogP contribution in [0.25, 0.3) is 0 Å². The van der Waals surface area contributed by atoms with Crippen molar-refractivity contribution < 1.29 is 23.1 Å². The van der Waals surface area contributed by atoms with Gasteiger partial charge in [-0.1, -0.05) is 16.0 Å². The molecule has 0 heterocycles. The number of allylic oxidation sites excluding steroid dienone is 4. The van der Waals surface area contributed by atoms with Crippen LogP contribution in [0, 0.1) is 0 Å². The summed E-state index contributed by atoms with van der Waals surface area (Å²) in [6, 6.07) is -1.06. The third-order valence-corrected chi connectivity index (χ3v) is 2.64. The molecule has 0 saturated heterocycles. The largest absolute Gasteiger partial charge is 0.469 e. The minimum Gasteiger partial charge on any atom is -0.469 e. The van der Waals surface area contributed by atoms with Gasteiger partial charge in [0.2, 0.25) is 0 Å². The van der Waals surface area contributed by atoms with E-state index in [4.69, 9.17) is 0 Å². The van der Waals surface area contributed by atoms with Gasteiger partial charge in [0.1, 0.15) is 18.1 Å². The Labute approximate surface area is 112 Å². The molecule has 0 aromatic heterocycles. The van der Waals surface area contributed by atoms with Crippen molar-refractivity contribution in [2.75, 3.05) is 7.11 Å². The minimum atomic E-state index is -1.06. The Morgan fingerprint density at radius 1 is 1.47 bits per heavy atom. The highest BCUT2D eigenvalue weighted by Gasteiger charge is 2.23. The molecule has 19 heavy (non-hydrogen) atoms. The zero-order valence-electron chi connectivity index (χ0n) is 10.7. The van der Waals surface area contributed by atoms with Crippen molar-refractivity contribution >= 4 is 21.1 Å². The predicted molar refractivity (Wildman–Crippen MR) is 71.5 cm³/mol. The molecular weight excluding hydrogens is 275 g/mol. The van der Waals surface area contributed by atoms with E-state index in [9.17, 15) is 18.4 Å². The molecule has 0 saturated carbocycles. The van der Waals surface area contributed by atoms with Crippen LogP contribution in [0.15, 0.2) is 36.0 Å². The molecule has 0 rings (SSSR count). The smallest absolute Gasteiger partial charge is 0.313 e. The molecule has 7 heteroatoms. The van der Waals surface area contributed by atoms with E-state index in [1.807, 2.05) is 0 Å². The molecule has 4 nitrogen and oxygen atoms in total. The van der Waals surface area contributed by atoms with Crippen molar-refractivity contribution in [3.05, 3.63) is 36.0 Å². The average molecular weight is 291 g/mol. The highest BCUT2D eigenvalue weighted by molar-refractivity contribution is 7.13. The highest BCUT2D eigenvalue weighted by atomic mass is 31.0. The lowest BCUT2D eigenvalue weighted by molar-refractivity contribution is -0.143. The van der Waals surface area contributed by atoms with Gasteiger partial charge >= 0.3 is 5.97 Å². The molecule has 0 amide bonds. The van der Waals surface area contributed by atoms with E-state index in [0.29, 0.717) is 6.08 Å². The monoisotopic (exact) mass is 291 g/mol. The number of Topliss-reactive ketones (excluding diaryl/α,β-unsaturated/α-hetero) is 1. The van der Waals surface area contributed by atoms with Gasteiger partial charge in [0.05, 0.1) is 13.2 Å². The average Bonchev–Trinajstić information content (AvgIpc) is 2.38. The summed E-state index contributed by atoms with van der Waals surface area (Å²) in [7, 11) is 3.19. The van der Waals surface area contributed by atoms with Crippen LogP contribution in [0.5, 0.6) is 0 Å². The molecule has 1 N–H and O–H groups in total. The van der Waals surface area contributed by atoms with Gasteiger partial charge in [0.15, 0.2) is 5.78 Å². The quantitative estimate of drug-likeness (QED) is 0.338. The number of esters is 1. The zero-order chi connectivity index (χ0) is 15.0. The van der Waals surface area contributed by atoms with E-state index >= 15 is 0 Å². The zero-order valence-corrected chi connectivity index (χ0v) is 11.9. The molecular formula is C12H16F2NO3P. The first-order valence-electron chi connectivity index (χ1n) is 5.28. The Hall–Kier alpha value is -1.39. The SMILES string of the molecule is C=C/C(F)=C\C(F)=C(/C)[C@H](NP)C(=O)CC(=O)OC. The van der Waals surface area contributed by atoms with Crippen molar-refractivity contribution in [3.63, 3.8) is 0 Å². The number of carbonyl (C=O) groups excluding carboxylic acids is 2. The van der Waals surface area contributed by atoms with Gasteiger partial charge in [0.25, 0.3) is 0 Å². The van der Waals surface area contributed by atoms with Crippen LogP contribution in [-0.2, 0) is 14.3 Å². The third-order valence-electron chi connectivity index (χ3n) is 2.30. The summed E-state index contributed by atoms with van der Waals surface area (Å²) in [5.41, 5.74) is -0.0408. The van der Waals surface area contributed by atoms with Crippen molar-refractivity contribution in [2.24, 2.45) is 0 Å². The predicted octanol–water partition coefficient (Wildman–Crippen LogP) is 2.15. The second kappa shape index (κ2) is 8.67. The highest BCUT2D eigenvalue weighted by Crippen LogP contribution is 2.17. The van der Waals surface area contributed by atoms with E-state index < -0.39 is 35.9 Å². The molecule has 0 radical (unpaired) electrons. The van der Waals surface area contributed by atoms with Gasteiger partial charge in [0, 0.05) is 6.08 Å². The van der Waals surface area contributed by atoms with Crippen LogP contribution < -0.4 is 5.09 Å². The number of nitrogens with one attached hydrogen (secondary N) is 1. The summed E-state index contributed by atoms with van der Waals surface area (Å²) in [4.78, 5) is 22.7. The molecule has 0 aliphatic rings. The Balaban J connectivity index is 5.14. The second-order valence-corrected chi connectivity index (χ2v) is 3.92. The first-order valence-corrected chi connectivity index (χ1v) is 5.86. The third kappa shape index (κ3) is 5.85. The van der Waals surface area contributed by atoms with Crippen molar-refractivity contribution in [1.29, 1.82) is 0 Å². The maximum Gasteiger partial charge on any atom is 0.313 e. The minimum absolute atomic E-state index is 0.0408. The standard InChI is InChI=1S/C12H16F2NO3P/c1-4-8(13)5-9(14)7(2)12(15-19)10(16)6-11(17)18-3/h4-5,12,15H,1,6,19H2,2-3H3/b8-5+,9-7-/t12-/m0/s1. The normalized spacial score (nSPS) is 14.5. The van der Waals surface area contributed by atoms with Gasteiger partial charge in [-0.15, -0.1) is 0 Å². The number of rotatable bonds is 7. The Morgan fingerprint density at radius 2 is 2.05 bits per heavy atom. The lowest BCUT2D eigenvalue weighted by Crippen LogP contribution is -2.33. The lowest BCUT2D eigenvalue weighted by atomic mass is 10.0. The topological polar surface area (TPSA) is 55.4 Å². The van der Waals surface area contributed by atoms with Crippen molar-refractivity contribution in [2.45, 2.75) is 19.4 Å². The summed E-state index contributed by atoms with van der Waals surface area (Å²) in [6.45, 7) is 4.46. The summed E-state index contributed by atoms with van der Waals surface area (Å²) in [6.07, 6.45) is 0.954. The number of carbonyl (C=O) groups is 2. The molecule has 106 valence electrons. The first-order chi connectivity index (χ1) is 8.87. The van der Waals surface area contributed by atoms with Gasteiger partial charge in [-0.05, 0) is 18.6 Å². The molecule has 0 aliphatic carbocycles. The molecule has 0 bridgehead atoms. The number of hydrogen-bond acceptors (Lipinski definition) is 4. The molecule has 0 aromatic rings. The van der Waals surface area contributed by atoms with Crippen LogP contribution in [0.1, 0.15) is 13.3 Å². The maximum absolute atomic E-state index is 13.6. The van der Waals surface area contributed by atoms with E-state index in [-0.39, 0.29) is 5.57 Å². The fraction of sp³-hybridized carbons (Fsp3) is 0.333. The van der Waals surface area contributed by atoms with Crippen molar-refractivity contribution in [1.82, 2.24) is 5.09 Å². The number of ether oxygens (including phenoxy) is 1. The first kappa shape index (κ1) is 17.6. The van der Waals surface area contributed by atoms with Crippen LogP contribution in [0.3, 0.4) is 0 Å². The van der Waals surface area contributed by atoms with E-state index in [2.05, 4.69) is 25.8 Å². The maximum atomic E-state index is 13.6. The number of halogens is 2. The van der Waals surface area contributed by atoms with E-state index in [0.717, 1.165) is 13.2 Å². The molecule has 1 unspecified atom stereocenters. The van der Waals surface area contributed by atoms with Gasteiger partial charge < -0.3 is 4.74 Å². The Bertz CT molecular complexity index is 433. The number of hydrogen-bond donors (Lipinski definition) is 1. The summed E-state index contributed by atoms with van der Waals surface area (Å²) in [5, 5.41) is 2.49. The van der Waals surface area contributed by atoms with Gasteiger partial charge in [-0.25, -0.2) is 8.78 Å². The van der Waals surface area contributed by atoms with Crippen LogP contribution in [0.4, 0.5) is 8.78 Å². The van der Waals surface area contributed by atoms with Crippen molar-refractivity contribution in [3.8, 4) is 0 Å². The Morgan fingerprint density at radius 3 is 2.47 bits per heavy atom. The summed E-state index contributed by atoms with van der Waals surface area (Å²) in [5.74, 6) is -3.08. The van der Waals surface area contributed by atoms with E-state index in [1.165, 1.54) is 6.92 Å². The Kier molecular flexibility index (Phi) is 8.03. The summed E-state index contributed by atoms with van der Waals surface area (Å²) >= 11 is 0. The summed E-state index contributed by atoms with van der Waals surface area (Å²) < 4.78 is 30.9. The molecule has 0 spiro atoms. The molecule has 0 aromatic carbocycles. The van der Waals surface area contributed by atoms with Gasteiger partial charge in [-0.2, -0.15) is 0 Å². The molecule has 0 aliphatic heterocycles. The fourth-order valence-corrected chi connectivity index (χ4v) is 1.64. The van der Waals surface area contributed by atoms with Crippen LogP contribution >= 0.6 is 9.39 Å². The number of ketones is 1. The molecule has 2 atom stereocenters. The second-order valence-electron chi connectivity index (χ2n) is 3.58. The number of methoxy groups -OCH3 is 1. The van der Waals surface area contributed by atoms with E-state index in [1.54, 1.807) is 0 Å². The van der Waals surface area contributed by atoms with Crippen LogP contribution in [0.2, 0.25) is 0 Å². The fourth-order valence-electron chi connectivity index (χ4n) is 1.21. The van der Waals surface area contributed by atoms with Crippen LogP contribution in [-0.4, -0.2) is 24.9 Å².